The van der Waals surface area contributed by atoms with Crippen molar-refractivity contribution in [3.05, 3.63) is 58.6 Å². The zero-order valence-electron chi connectivity index (χ0n) is 13.4. The largest absolute Gasteiger partial charge is 0.362 e. The van der Waals surface area contributed by atoms with Gasteiger partial charge in [-0.05, 0) is 36.8 Å². The molecule has 4 aromatic rings. The molecule has 0 saturated carbocycles. The van der Waals surface area contributed by atoms with E-state index in [4.69, 9.17) is 4.98 Å². The molecule has 0 saturated heterocycles. The van der Waals surface area contributed by atoms with Crippen LogP contribution in [0.15, 0.2) is 47.2 Å². The van der Waals surface area contributed by atoms with Crippen LogP contribution in [0.5, 0.6) is 0 Å². The zero-order valence-corrected chi connectivity index (χ0v) is 15.0. The van der Waals surface area contributed by atoms with E-state index in [1.165, 1.54) is 11.1 Å². The van der Waals surface area contributed by atoms with Crippen molar-refractivity contribution < 1.29 is 0 Å². The predicted molar refractivity (Wildman–Crippen MR) is 100 cm³/mol. The molecule has 0 unspecified atom stereocenters. The molecule has 5 nitrogen and oxygen atoms in total. The maximum Gasteiger partial charge on any atom is 0.137 e. The second-order valence-electron chi connectivity index (χ2n) is 5.77. The van der Waals surface area contributed by atoms with Gasteiger partial charge in [0.05, 0.1) is 23.1 Å². The molecule has 24 heavy (non-hydrogen) atoms. The fraction of sp³-hybridized carbons (Fsp3) is 0.167. The number of para-hydroxylation sites is 1. The Kier molecular flexibility index (Phi) is 3.69. The quantitative estimate of drug-likeness (QED) is 0.577. The molecule has 0 amide bonds. The zero-order chi connectivity index (χ0) is 16.7. The minimum atomic E-state index is 0.600. The van der Waals surface area contributed by atoms with Crippen molar-refractivity contribution in [3.8, 4) is 0 Å². The first kappa shape index (κ1) is 15.1. The maximum absolute atomic E-state index is 4.73. The molecule has 0 aliphatic carbocycles. The second-order valence-corrected chi connectivity index (χ2v) is 6.68. The normalized spacial score (nSPS) is 11.3. The van der Waals surface area contributed by atoms with Crippen molar-refractivity contribution in [2.75, 3.05) is 5.32 Å². The van der Waals surface area contributed by atoms with Crippen molar-refractivity contribution in [3.63, 3.8) is 0 Å². The SMILES string of the molecule is Cc1cccc2nc(CNc3ncnc4ccc(Br)cc34)n(C)c12. The molecule has 4 rings (SSSR count). The van der Waals surface area contributed by atoms with E-state index < -0.39 is 0 Å². The van der Waals surface area contributed by atoms with Gasteiger partial charge in [-0.1, -0.05) is 28.1 Å². The molecular weight excluding hydrogens is 366 g/mol. The Labute approximate surface area is 147 Å². The van der Waals surface area contributed by atoms with E-state index in [-0.39, 0.29) is 0 Å². The highest BCUT2D eigenvalue weighted by atomic mass is 79.9. The van der Waals surface area contributed by atoms with Gasteiger partial charge in [-0.15, -0.1) is 0 Å². The van der Waals surface area contributed by atoms with Gasteiger partial charge in [0.15, 0.2) is 0 Å². The van der Waals surface area contributed by atoms with E-state index in [2.05, 4.69) is 48.8 Å². The summed E-state index contributed by atoms with van der Waals surface area (Å²) in [5.41, 5.74) is 4.33. The number of aromatic nitrogens is 4. The van der Waals surface area contributed by atoms with Crippen LogP contribution in [0.3, 0.4) is 0 Å². The Morgan fingerprint density at radius 2 is 2.00 bits per heavy atom. The summed E-state index contributed by atoms with van der Waals surface area (Å²) >= 11 is 3.51. The standard InChI is InChI=1S/C18H16BrN5/c1-11-4-3-5-15-17(11)24(2)16(23-15)9-20-18-13-8-12(19)6-7-14(13)21-10-22-18/h3-8,10H,9H2,1-2H3,(H,20,21,22). The van der Waals surface area contributed by atoms with E-state index in [1.807, 2.05) is 37.4 Å². The number of rotatable bonds is 3. The minimum absolute atomic E-state index is 0.600. The van der Waals surface area contributed by atoms with E-state index in [1.54, 1.807) is 6.33 Å². The number of fused-ring (bicyclic) bond motifs is 2. The molecule has 0 aliphatic heterocycles. The number of hydrogen-bond donors (Lipinski definition) is 1. The number of nitrogens with one attached hydrogen (secondary N) is 1. The number of anilines is 1. The van der Waals surface area contributed by atoms with Gasteiger partial charge in [0.2, 0.25) is 0 Å². The smallest absolute Gasteiger partial charge is 0.137 e. The lowest BCUT2D eigenvalue weighted by Gasteiger charge is -2.09. The third kappa shape index (κ3) is 2.53. The summed E-state index contributed by atoms with van der Waals surface area (Å²) in [7, 11) is 2.05. The molecule has 0 aliphatic rings. The first-order valence-electron chi connectivity index (χ1n) is 7.68. The van der Waals surface area contributed by atoms with Gasteiger partial charge in [-0.3, -0.25) is 0 Å². The number of hydrogen-bond acceptors (Lipinski definition) is 4. The van der Waals surface area contributed by atoms with Crippen LogP contribution in [0.4, 0.5) is 5.82 Å². The van der Waals surface area contributed by atoms with Crippen molar-refractivity contribution in [2.24, 2.45) is 7.05 Å². The van der Waals surface area contributed by atoms with Crippen molar-refractivity contribution in [1.82, 2.24) is 19.5 Å². The Bertz CT molecular complexity index is 1050. The van der Waals surface area contributed by atoms with Crippen LogP contribution < -0.4 is 5.32 Å². The lowest BCUT2D eigenvalue weighted by Crippen LogP contribution is -2.07. The second kappa shape index (κ2) is 5.87. The Morgan fingerprint density at radius 1 is 1.12 bits per heavy atom. The summed E-state index contributed by atoms with van der Waals surface area (Å²) in [5.74, 6) is 1.78. The summed E-state index contributed by atoms with van der Waals surface area (Å²) in [6, 6.07) is 12.2. The molecule has 2 aromatic carbocycles. The van der Waals surface area contributed by atoms with Crippen LogP contribution in [0.2, 0.25) is 0 Å². The van der Waals surface area contributed by atoms with Crippen LogP contribution in [0.25, 0.3) is 21.9 Å². The summed E-state index contributed by atoms with van der Waals surface area (Å²) in [6.45, 7) is 2.71. The molecule has 6 heteroatoms. The summed E-state index contributed by atoms with van der Waals surface area (Å²) in [6.07, 6.45) is 1.58. The summed E-state index contributed by atoms with van der Waals surface area (Å²) in [4.78, 5) is 13.4. The Balaban J connectivity index is 1.70. The molecule has 0 atom stereocenters. The van der Waals surface area contributed by atoms with Gasteiger partial charge in [0.25, 0.3) is 0 Å². The van der Waals surface area contributed by atoms with Gasteiger partial charge in [-0.2, -0.15) is 0 Å². The molecular formula is C18H16BrN5. The number of imidazole rings is 1. The van der Waals surface area contributed by atoms with Gasteiger partial charge < -0.3 is 9.88 Å². The number of aryl methyl sites for hydroxylation is 2. The number of halogens is 1. The van der Waals surface area contributed by atoms with Crippen molar-refractivity contribution in [1.29, 1.82) is 0 Å². The van der Waals surface area contributed by atoms with Crippen LogP contribution >= 0.6 is 15.9 Å². The minimum Gasteiger partial charge on any atom is -0.362 e. The summed E-state index contributed by atoms with van der Waals surface area (Å²) in [5, 5.41) is 4.38. The van der Waals surface area contributed by atoms with Crippen LogP contribution in [-0.4, -0.2) is 19.5 Å². The number of benzene rings is 2. The summed E-state index contributed by atoms with van der Waals surface area (Å²) < 4.78 is 3.14. The molecule has 1 N–H and O–H groups in total. The van der Waals surface area contributed by atoms with Crippen LogP contribution in [0.1, 0.15) is 11.4 Å². The van der Waals surface area contributed by atoms with Gasteiger partial charge in [-0.25, -0.2) is 15.0 Å². The topological polar surface area (TPSA) is 55.6 Å². The third-order valence-electron chi connectivity index (χ3n) is 4.20. The highest BCUT2D eigenvalue weighted by Gasteiger charge is 2.10. The van der Waals surface area contributed by atoms with E-state index in [9.17, 15) is 0 Å². The molecule has 2 aromatic heterocycles. The fourth-order valence-electron chi connectivity index (χ4n) is 3.00. The maximum atomic E-state index is 4.73. The lowest BCUT2D eigenvalue weighted by molar-refractivity contribution is 0.831. The first-order chi connectivity index (χ1) is 11.6. The first-order valence-corrected chi connectivity index (χ1v) is 8.48. The molecule has 2 heterocycles. The van der Waals surface area contributed by atoms with Gasteiger partial charge >= 0.3 is 0 Å². The van der Waals surface area contributed by atoms with Gasteiger partial charge in [0.1, 0.15) is 18.0 Å². The van der Waals surface area contributed by atoms with E-state index >= 15 is 0 Å². The fourth-order valence-corrected chi connectivity index (χ4v) is 3.36. The highest BCUT2D eigenvalue weighted by molar-refractivity contribution is 9.10. The third-order valence-corrected chi connectivity index (χ3v) is 4.69. The molecule has 0 radical (unpaired) electrons. The monoisotopic (exact) mass is 381 g/mol. The Hall–Kier alpha value is -2.47. The molecule has 0 bridgehead atoms. The Morgan fingerprint density at radius 3 is 2.83 bits per heavy atom. The molecule has 120 valence electrons. The molecule has 0 fully saturated rings. The van der Waals surface area contributed by atoms with Crippen LogP contribution in [-0.2, 0) is 13.6 Å². The van der Waals surface area contributed by atoms with Crippen LogP contribution in [0, 0.1) is 6.92 Å². The van der Waals surface area contributed by atoms with Gasteiger partial charge in [0, 0.05) is 16.9 Å². The number of nitrogens with zero attached hydrogens (tertiary/aromatic N) is 4. The highest BCUT2D eigenvalue weighted by Crippen LogP contribution is 2.24. The van der Waals surface area contributed by atoms with E-state index in [0.29, 0.717) is 6.54 Å². The van der Waals surface area contributed by atoms with Crippen molar-refractivity contribution >= 4 is 43.7 Å². The lowest BCUT2D eigenvalue weighted by atomic mass is 10.2. The molecule has 0 spiro atoms. The van der Waals surface area contributed by atoms with Crippen molar-refractivity contribution in [2.45, 2.75) is 13.5 Å². The van der Waals surface area contributed by atoms with E-state index in [0.717, 1.165) is 32.5 Å². The predicted octanol–water partition coefficient (Wildman–Crippen LogP) is 4.20. The average molecular weight is 382 g/mol. The average Bonchev–Trinajstić information content (AvgIpc) is 2.90.